The Kier molecular flexibility index (Phi) is 5.58. The Hall–Kier alpha value is -3.49. The van der Waals surface area contributed by atoms with Crippen LogP contribution < -0.4 is 15.8 Å². The standard InChI is InChI=1S/C22H27N7O2/c1-5-19-14(2)10-17(21(31)28(19)4)20(30)25-16-7-9-29(13-16)22-23-8-6-18(26-22)15-11-24-27(3)12-15/h6,8,10-12,16H,5,7,9,13H2,1-4H3,(H,25,30). The Balaban J connectivity index is 1.47. The van der Waals surface area contributed by atoms with E-state index in [1.807, 2.05) is 38.1 Å². The number of anilines is 1. The minimum atomic E-state index is -0.330. The second kappa shape index (κ2) is 8.33. The molecule has 1 aliphatic rings. The number of pyridine rings is 1. The van der Waals surface area contributed by atoms with E-state index in [0.29, 0.717) is 12.5 Å². The molecule has 31 heavy (non-hydrogen) atoms. The number of carbonyl (C=O) groups is 1. The van der Waals surface area contributed by atoms with Gasteiger partial charge < -0.3 is 14.8 Å². The monoisotopic (exact) mass is 421 g/mol. The zero-order valence-electron chi connectivity index (χ0n) is 18.3. The normalized spacial score (nSPS) is 16.0. The summed E-state index contributed by atoms with van der Waals surface area (Å²) < 4.78 is 3.31. The van der Waals surface area contributed by atoms with Crippen LogP contribution >= 0.6 is 0 Å². The van der Waals surface area contributed by atoms with E-state index in [2.05, 4.69) is 20.4 Å². The van der Waals surface area contributed by atoms with Crippen molar-refractivity contribution >= 4 is 11.9 Å². The number of nitrogens with zero attached hydrogens (tertiary/aromatic N) is 6. The molecular weight excluding hydrogens is 394 g/mol. The fourth-order valence-electron chi connectivity index (χ4n) is 4.15. The lowest BCUT2D eigenvalue weighted by Crippen LogP contribution is -2.40. The Bertz CT molecular complexity index is 1180. The molecule has 0 bridgehead atoms. The van der Waals surface area contributed by atoms with Gasteiger partial charge in [-0.3, -0.25) is 14.3 Å². The highest BCUT2D eigenvalue weighted by molar-refractivity contribution is 5.94. The zero-order chi connectivity index (χ0) is 22.1. The van der Waals surface area contributed by atoms with Crippen molar-refractivity contribution in [3.63, 3.8) is 0 Å². The summed E-state index contributed by atoms with van der Waals surface area (Å²) in [7, 11) is 3.58. The first-order chi connectivity index (χ1) is 14.9. The molecule has 0 aromatic carbocycles. The molecule has 4 heterocycles. The summed E-state index contributed by atoms with van der Waals surface area (Å²) in [5.41, 5.74) is 3.55. The molecule has 0 aliphatic carbocycles. The van der Waals surface area contributed by atoms with Crippen LogP contribution in [-0.4, -0.2) is 49.4 Å². The summed E-state index contributed by atoms with van der Waals surface area (Å²) in [4.78, 5) is 36.6. The summed E-state index contributed by atoms with van der Waals surface area (Å²) >= 11 is 0. The van der Waals surface area contributed by atoms with Crippen molar-refractivity contribution < 1.29 is 4.79 Å². The van der Waals surface area contributed by atoms with Crippen molar-refractivity contribution in [2.75, 3.05) is 18.0 Å². The van der Waals surface area contributed by atoms with Crippen molar-refractivity contribution in [2.45, 2.75) is 32.7 Å². The molecule has 1 aliphatic heterocycles. The Morgan fingerprint density at radius 3 is 2.84 bits per heavy atom. The minimum Gasteiger partial charge on any atom is -0.347 e. The molecule has 0 radical (unpaired) electrons. The molecule has 4 rings (SSSR count). The fourth-order valence-corrected chi connectivity index (χ4v) is 4.15. The van der Waals surface area contributed by atoms with Crippen LogP contribution in [0.3, 0.4) is 0 Å². The molecule has 1 unspecified atom stereocenters. The van der Waals surface area contributed by atoms with Gasteiger partial charge in [0.1, 0.15) is 5.56 Å². The van der Waals surface area contributed by atoms with Gasteiger partial charge in [-0.1, -0.05) is 6.92 Å². The number of hydrogen-bond donors (Lipinski definition) is 1. The van der Waals surface area contributed by atoms with E-state index < -0.39 is 0 Å². The maximum atomic E-state index is 12.8. The lowest BCUT2D eigenvalue weighted by Gasteiger charge is -2.18. The van der Waals surface area contributed by atoms with Gasteiger partial charge in [-0.05, 0) is 37.5 Å². The summed E-state index contributed by atoms with van der Waals surface area (Å²) in [5, 5.41) is 7.21. The van der Waals surface area contributed by atoms with Crippen LogP contribution in [0.25, 0.3) is 11.3 Å². The summed E-state index contributed by atoms with van der Waals surface area (Å²) in [5.74, 6) is 0.292. The van der Waals surface area contributed by atoms with E-state index in [1.54, 1.807) is 34.8 Å². The number of amides is 1. The second-order valence-electron chi connectivity index (χ2n) is 7.96. The van der Waals surface area contributed by atoms with E-state index in [4.69, 9.17) is 0 Å². The minimum absolute atomic E-state index is 0.0750. The molecule has 3 aromatic rings. The third-order valence-corrected chi connectivity index (χ3v) is 5.79. The molecule has 1 atom stereocenters. The average molecular weight is 422 g/mol. The maximum absolute atomic E-state index is 12.8. The predicted octanol–water partition coefficient (Wildman–Crippen LogP) is 1.46. The predicted molar refractivity (Wildman–Crippen MR) is 118 cm³/mol. The van der Waals surface area contributed by atoms with E-state index in [-0.39, 0.29) is 23.1 Å². The smallest absolute Gasteiger partial charge is 0.263 e. The molecule has 1 N–H and O–H groups in total. The Morgan fingerprint density at radius 1 is 1.32 bits per heavy atom. The summed E-state index contributed by atoms with van der Waals surface area (Å²) in [6, 6.07) is 3.48. The molecule has 0 spiro atoms. The van der Waals surface area contributed by atoms with Crippen LogP contribution in [0.4, 0.5) is 5.95 Å². The number of hydrogen-bond acceptors (Lipinski definition) is 6. The number of aryl methyl sites for hydroxylation is 2. The van der Waals surface area contributed by atoms with Gasteiger partial charge in [-0.2, -0.15) is 5.10 Å². The Labute approximate surface area is 180 Å². The van der Waals surface area contributed by atoms with Crippen molar-refractivity contribution in [2.24, 2.45) is 14.1 Å². The first-order valence-electron chi connectivity index (χ1n) is 10.4. The summed E-state index contributed by atoms with van der Waals surface area (Å²) in [6.45, 7) is 5.25. The van der Waals surface area contributed by atoms with Crippen LogP contribution in [0.1, 0.15) is 35.0 Å². The third-order valence-electron chi connectivity index (χ3n) is 5.79. The van der Waals surface area contributed by atoms with E-state index in [0.717, 1.165) is 41.9 Å². The average Bonchev–Trinajstić information content (AvgIpc) is 3.40. The summed E-state index contributed by atoms with van der Waals surface area (Å²) in [6.07, 6.45) is 6.92. The highest BCUT2D eigenvalue weighted by Gasteiger charge is 2.27. The molecule has 1 amide bonds. The maximum Gasteiger partial charge on any atom is 0.263 e. The fraction of sp³-hybridized carbons (Fsp3) is 0.409. The molecule has 1 fully saturated rings. The number of nitrogens with one attached hydrogen (secondary N) is 1. The molecule has 0 saturated carbocycles. The highest BCUT2D eigenvalue weighted by atomic mass is 16.2. The van der Waals surface area contributed by atoms with Gasteiger partial charge in [-0.15, -0.1) is 0 Å². The van der Waals surface area contributed by atoms with E-state index >= 15 is 0 Å². The van der Waals surface area contributed by atoms with Crippen molar-refractivity contribution in [3.8, 4) is 11.3 Å². The van der Waals surface area contributed by atoms with Gasteiger partial charge in [0.25, 0.3) is 11.5 Å². The molecule has 3 aromatic heterocycles. The van der Waals surface area contributed by atoms with Crippen molar-refractivity contribution in [1.29, 1.82) is 0 Å². The lowest BCUT2D eigenvalue weighted by molar-refractivity contribution is 0.0938. The number of rotatable bonds is 5. The van der Waals surface area contributed by atoms with Crippen LogP contribution in [-0.2, 0) is 20.5 Å². The zero-order valence-corrected chi connectivity index (χ0v) is 18.3. The topological polar surface area (TPSA) is 97.9 Å². The SMILES string of the molecule is CCc1c(C)cc(C(=O)NC2CCN(c3nccc(-c4cnn(C)c4)n3)C2)c(=O)n1C. The van der Waals surface area contributed by atoms with Gasteiger partial charge in [0.05, 0.1) is 11.9 Å². The molecule has 9 nitrogen and oxygen atoms in total. The number of aromatic nitrogens is 5. The molecular formula is C22H27N7O2. The number of carbonyl (C=O) groups excluding carboxylic acids is 1. The third kappa shape index (κ3) is 4.08. The second-order valence-corrected chi connectivity index (χ2v) is 7.96. The van der Waals surface area contributed by atoms with E-state index in [9.17, 15) is 9.59 Å². The van der Waals surface area contributed by atoms with Gasteiger partial charge >= 0.3 is 0 Å². The first kappa shape index (κ1) is 20.8. The molecule has 1 saturated heterocycles. The van der Waals surface area contributed by atoms with Gasteiger partial charge in [-0.25, -0.2) is 9.97 Å². The Morgan fingerprint density at radius 2 is 2.13 bits per heavy atom. The first-order valence-corrected chi connectivity index (χ1v) is 10.4. The van der Waals surface area contributed by atoms with Gasteiger partial charge in [0, 0.05) is 56.9 Å². The van der Waals surface area contributed by atoms with E-state index in [1.165, 1.54) is 0 Å². The highest BCUT2D eigenvalue weighted by Crippen LogP contribution is 2.21. The molecule has 9 heteroatoms. The largest absolute Gasteiger partial charge is 0.347 e. The van der Waals surface area contributed by atoms with Gasteiger partial charge in [0.2, 0.25) is 5.95 Å². The van der Waals surface area contributed by atoms with Crippen molar-refractivity contribution in [1.82, 2.24) is 29.6 Å². The van der Waals surface area contributed by atoms with Crippen molar-refractivity contribution in [3.05, 3.63) is 57.9 Å². The lowest BCUT2D eigenvalue weighted by atomic mass is 10.1. The van der Waals surface area contributed by atoms with Crippen LogP contribution in [0.2, 0.25) is 0 Å². The quantitative estimate of drug-likeness (QED) is 0.670. The van der Waals surface area contributed by atoms with Crippen LogP contribution in [0, 0.1) is 6.92 Å². The van der Waals surface area contributed by atoms with Crippen LogP contribution in [0.5, 0.6) is 0 Å². The van der Waals surface area contributed by atoms with Crippen LogP contribution in [0.15, 0.2) is 35.5 Å². The molecule has 162 valence electrons. The van der Waals surface area contributed by atoms with Gasteiger partial charge in [0.15, 0.2) is 0 Å².